The number of nitrogens with zero attached hydrogens (tertiary/aromatic N) is 1. The predicted molar refractivity (Wildman–Crippen MR) is 75.6 cm³/mol. The number of aliphatic hydroxyl groups excluding tert-OH is 1. The molecule has 102 valence electrons. The smallest absolute Gasteiger partial charge is 0.317 e. The Hall–Kier alpha value is -1.99. The lowest BCUT2D eigenvalue weighted by atomic mass is 10.1. The molecular formula is C15H20N2O2. The van der Waals surface area contributed by atoms with Gasteiger partial charge in [-0.05, 0) is 24.6 Å². The van der Waals surface area contributed by atoms with E-state index < -0.39 is 0 Å². The zero-order chi connectivity index (χ0) is 14.1. The molecule has 2 N–H and O–H groups in total. The lowest BCUT2D eigenvalue weighted by molar-refractivity contribution is 0.210. The standard InChI is InChI=1S/C15H20N2O2/c1-3-17(2)15(19)16-12-14-9-7-13(8-10-14)6-4-5-11-18/h7-10,18H,3,5,11-12H2,1-2H3,(H,16,19). The van der Waals surface area contributed by atoms with Crippen molar-refractivity contribution in [2.75, 3.05) is 20.2 Å². The van der Waals surface area contributed by atoms with Gasteiger partial charge in [0.25, 0.3) is 0 Å². The Bertz CT molecular complexity index is 457. The summed E-state index contributed by atoms with van der Waals surface area (Å²) >= 11 is 0. The van der Waals surface area contributed by atoms with Crippen LogP contribution in [0.15, 0.2) is 24.3 Å². The minimum atomic E-state index is -0.0747. The van der Waals surface area contributed by atoms with E-state index in [1.165, 1.54) is 0 Å². The van der Waals surface area contributed by atoms with E-state index in [2.05, 4.69) is 17.2 Å². The van der Waals surface area contributed by atoms with Crippen LogP contribution >= 0.6 is 0 Å². The quantitative estimate of drug-likeness (QED) is 0.808. The minimum absolute atomic E-state index is 0.0747. The summed E-state index contributed by atoms with van der Waals surface area (Å²) in [7, 11) is 1.76. The van der Waals surface area contributed by atoms with Gasteiger partial charge in [-0.25, -0.2) is 4.79 Å². The molecule has 0 aliphatic heterocycles. The van der Waals surface area contributed by atoms with Crippen molar-refractivity contribution in [1.82, 2.24) is 10.2 Å². The monoisotopic (exact) mass is 260 g/mol. The molecule has 4 heteroatoms. The van der Waals surface area contributed by atoms with Crippen LogP contribution in [0.5, 0.6) is 0 Å². The molecule has 1 aromatic carbocycles. The first-order valence-electron chi connectivity index (χ1n) is 6.35. The van der Waals surface area contributed by atoms with Crippen LogP contribution in [0.4, 0.5) is 4.79 Å². The van der Waals surface area contributed by atoms with Crippen molar-refractivity contribution in [1.29, 1.82) is 0 Å². The molecule has 0 bridgehead atoms. The van der Waals surface area contributed by atoms with Gasteiger partial charge in [0.15, 0.2) is 0 Å². The summed E-state index contributed by atoms with van der Waals surface area (Å²) in [5.41, 5.74) is 1.94. The maximum atomic E-state index is 11.6. The maximum Gasteiger partial charge on any atom is 0.317 e. The first kappa shape index (κ1) is 15.1. The van der Waals surface area contributed by atoms with E-state index in [4.69, 9.17) is 5.11 Å². The van der Waals surface area contributed by atoms with Gasteiger partial charge in [0.05, 0.1) is 6.61 Å². The Balaban J connectivity index is 2.49. The molecule has 0 aliphatic rings. The molecule has 0 atom stereocenters. The summed E-state index contributed by atoms with van der Waals surface area (Å²) in [5, 5.41) is 11.5. The average molecular weight is 260 g/mol. The van der Waals surface area contributed by atoms with Crippen LogP contribution in [0, 0.1) is 11.8 Å². The fourth-order valence-corrected chi connectivity index (χ4v) is 1.38. The SMILES string of the molecule is CCN(C)C(=O)NCc1ccc(C#CCCO)cc1. The van der Waals surface area contributed by atoms with Crippen LogP contribution in [0.2, 0.25) is 0 Å². The molecule has 0 saturated heterocycles. The van der Waals surface area contributed by atoms with Crippen LogP contribution in [0.1, 0.15) is 24.5 Å². The number of aliphatic hydroxyl groups is 1. The van der Waals surface area contributed by atoms with Crippen LogP contribution in [0.3, 0.4) is 0 Å². The number of carbonyl (C=O) groups excluding carboxylic acids is 1. The van der Waals surface area contributed by atoms with Gasteiger partial charge in [0.1, 0.15) is 0 Å². The van der Waals surface area contributed by atoms with Crippen molar-refractivity contribution >= 4 is 6.03 Å². The van der Waals surface area contributed by atoms with Crippen LogP contribution in [-0.4, -0.2) is 36.2 Å². The first-order valence-corrected chi connectivity index (χ1v) is 6.35. The Morgan fingerprint density at radius 3 is 2.63 bits per heavy atom. The highest BCUT2D eigenvalue weighted by Crippen LogP contribution is 2.03. The number of rotatable bonds is 4. The molecule has 0 unspecified atom stereocenters. The van der Waals surface area contributed by atoms with Gasteiger partial charge in [0, 0.05) is 32.1 Å². The van der Waals surface area contributed by atoms with Gasteiger partial charge in [-0.3, -0.25) is 0 Å². The molecule has 19 heavy (non-hydrogen) atoms. The summed E-state index contributed by atoms with van der Waals surface area (Å²) in [6.07, 6.45) is 0.487. The van der Waals surface area contributed by atoms with Crippen molar-refractivity contribution in [3.05, 3.63) is 35.4 Å². The second kappa shape index (κ2) is 8.17. The third-order valence-electron chi connectivity index (χ3n) is 2.69. The number of benzene rings is 1. The zero-order valence-corrected chi connectivity index (χ0v) is 11.4. The number of nitrogens with one attached hydrogen (secondary N) is 1. The van der Waals surface area contributed by atoms with E-state index in [1.54, 1.807) is 11.9 Å². The van der Waals surface area contributed by atoms with Crippen molar-refractivity contribution in [3.8, 4) is 11.8 Å². The summed E-state index contributed by atoms with van der Waals surface area (Å²) in [6, 6.07) is 7.63. The zero-order valence-electron chi connectivity index (χ0n) is 11.4. The molecular weight excluding hydrogens is 240 g/mol. The van der Waals surface area contributed by atoms with E-state index >= 15 is 0 Å². The lowest BCUT2D eigenvalue weighted by Crippen LogP contribution is -2.36. The Morgan fingerprint density at radius 1 is 1.37 bits per heavy atom. The van der Waals surface area contributed by atoms with Gasteiger partial charge in [0.2, 0.25) is 0 Å². The molecule has 1 rings (SSSR count). The molecule has 2 amide bonds. The fourth-order valence-electron chi connectivity index (χ4n) is 1.38. The van der Waals surface area contributed by atoms with Crippen LogP contribution in [0.25, 0.3) is 0 Å². The lowest BCUT2D eigenvalue weighted by Gasteiger charge is -2.15. The Labute approximate surface area is 114 Å². The second-order valence-corrected chi connectivity index (χ2v) is 4.15. The number of carbonyl (C=O) groups is 1. The van der Waals surface area contributed by atoms with Gasteiger partial charge >= 0.3 is 6.03 Å². The van der Waals surface area contributed by atoms with Gasteiger partial charge in [-0.15, -0.1) is 0 Å². The highest BCUT2D eigenvalue weighted by atomic mass is 16.2. The van der Waals surface area contributed by atoms with Crippen LogP contribution < -0.4 is 5.32 Å². The van der Waals surface area contributed by atoms with E-state index in [0.717, 1.165) is 11.1 Å². The normalized spacial score (nSPS) is 9.42. The summed E-state index contributed by atoms with van der Waals surface area (Å²) in [5.74, 6) is 5.83. The molecule has 0 spiro atoms. The van der Waals surface area contributed by atoms with Crippen molar-refractivity contribution in [3.63, 3.8) is 0 Å². The number of hydrogen-bond acceptors (Lipinski definition) is 2. The van der Waals surface area contributed by atoms with Gasteiger partial charge in [-0.2, -0.15) is 0 Å². The van der Waals surface area contributed by atoms with Crippen molar-refractivity contribution in [2.45, 2.75) is 19.9 Å². The number of urea groups is 1. The summed E-state index contributed by atoms with van der Waals surface area (Å²) in [6.45, 7) is 3.21. The van der Waals surface area contributed by atoms with Crippen molar-refractivity contribution < 1.29 is 9.90 Å². The average Bonchev–Trinajstić information content (AvgIpc) is 2.45. The highest BCUT2D eigenvalue weighted by molar-refractivity contribution is 5.73. The molecule has 0 aromatic heterocycles. The van der Waals surface area contributed by atoms with E-state index in [9.17, 15) is 4.79 Å². The van der Waals surface area contributed by atoms with Crippen LogP contribution in [-0.2, 0) is 6.54 Å². The molecule has 4 nitrogen and oxygen atoms in total. The summed E-state index contributed by atoms with van der Waals surface area (Å²) < 4.78 is 0. The van der Waals surface area contributed by atoms with E-state index in [0.29, 0.717) is 19.5 Å². The van der Waals surface area contributed by atoms with E-state index in [-0.39, 0.29) is 12.6 Å². The molecule has 0 radical (unpaired) electrons. The van der Waals surface area contributed by atoms with E-state index in [1.807, 2.05) is 31.2 Å². The third-order valence-corrected chi connectivity index (χ3v) is 2.69. The molecule has 0 fully saturated rings. The molecule has 0 saturated carbocycles. The number of amides is 2. The first-order chi connectivity index (χ1) is 9.17. The summed E-state index contributed by atoms with van der Waals surface area (Å²) in [4.78, 5) is 13.2. The number of hydrogen-bond donors (Lipinski definition) is 2. The highest BCUT2D eigenvalue weighted by Gasteiger charge is 2.04. The van der Waals surface area contributed by atoms with Gasteiger partial charge in [-0.1, -0.05) is 24.0 Å². The molecule has 0 aliphatic carbocycles. The fraction of sp³-hybridized carbons (Fsp3) is 0.400. The Morgan fingerprint density at radius 2 is 2.05 bits per heavy atom. The topological polar surface area (TPSA) is 52.6 Å². The Kier molecular flexibility index (Phi) is 6.48. The molecule has 0 heterocycles. The second-order valence-electron chi connectivity index (χ2n) is 4.15. The third kappa shape index (κ3) is 5.45. The predicted octanol–water partition coefficient (Wildman–Crippen LogP) is 1.58. The van der Waals surface area contributed by atoms with Crippen molar-refractivity contribution in [2.24, 2.45) is 0 Å². The molecule has 1 aromatic rings. The largest absolute Gasteiger partial charge is 0.395 e. The maximum absolute atomic E-state index is 11.6. The van der Waals surface area contributed by atoms with Gasteiger partial charge < -0.3 is 15.3 Å². The minimum Gasteiger partial charge on any atom is -0.395 e.